The topological polar surface area (TPSA) is 74.3 Å². The van der Waals surface area contributed by atoms with Gasteiger partial charge in [-0.1, -0.05) is 42.5 Å². The lowest BCUT2D eigenvalue weighted by molar-refractivity contribution is 0.0606. The molecule has 1 saturated heterocycles. The molecular weight excluding hydrogens is 506 g/mol. The number of H-pyrrole nitrogens is 1. The summed E-state index contributed by atoms with van der Waals surface area (Å²) >= 11 is 1.57. The summed E-state index contributed by atoms with van der Waals surface area (Å²) in [7, 11) is 4.13. The third kappa shape index (κ3) is 6.75. The van der Waals surface area contributed by atoms with Crippen molar-refractivity contribution in [3.8, 4) is 27.4 Å². The number of piperidine rings is 1. The van der Waals surface area contributed by atoms with Gasteiger partial charge >= 0.3 is 0 Å². The molecule has 0 spiro atoms. The molecule has 0 bridgehead atoms. The number of benzene rings is 2. The van der Waals surface area contributed by atoms with Crippen molar-refractivity contribution < 1.29 is 9.53 Å². The fraction of sp³-hybridized carbons (Fsp3) is 0.387. The highest BCUT2D eigenvalue weighted by molar-refractivity contribution is 7.15. The van der Waals surface area contributed by atoms with E-state index in [4.69, 9.17) is 9.72 Å². The smallest absolute Gasteiger partial charge is 0.274 e. The van der Waals surface area contributed by atoms with Crippen LogP contribution in [0.25, 0.3) is 21.7 Å². The Hall–Kier alpha value is -3.49. The van der Waals surface area contributed by atoms with Crippen molar-refractivity contribution in [1.82, 2.24) is 24.8 Å². The van der Waals surface area contributed by atoms with Crippen molar-refractivity contribution >= 4 is 17.2 Å². The maximum Gasteiger partial charge on any atom is 0.274 e. The first kappa shape index (κ1) is 27.1. The van der Waals surface area contributed by atoms with Crippen molar-refractivity contribution in [2.75, 3.05) is 33.8 Å². The molecule has 1 amide bonds. The predicted octanol–water partition coefficient (Wildman–Crippen LogP) is 6.08. The quantitative estimate of drug-likeness (QED) is 0.246. The van der Waals surface area contributed by atoms with Crippen LogP contribution < -0.4 is 4.74 Å². The van der Waals surface area contributed by atoms with E-state index in [9.17, 15) is 4.79 Å². The number of thiazole rings is 1. The van der Waals surface area contributed by atoms with Gasteiger partial charge in [-0.25, -0.2) is 9.97 Å². The van der Waals surface area contributed by atoms with Crippen molar-refractivity contribution in [2.24, 2.45) is 0 Å². The summed E-state index contributed by atoms with van der Waals surface area (Å²) in [5.41, 5.74) is 3.62. The standard InChI is InChI=1S/C31H37N5O2S/c1-22-33-29(30(39-22)24-13-9-15-26(19-24)38-18-10-16-35(2)3)31(37)36-17-8-7-14-25(36)20-28-32-21-27(34-28)23-11-5-4-6-12-23/h4-6,9,11-13,15,19,21,25H,7-8,10,14,16-18,20H2,1-3H3,(H,32,34). The van der Waals surface area contributed by atoms with E-state index in [2.05, 4.69) is 41.1 Å². The van der Waals surface area contributed by atoms with E-state index < -0.39 is 0 Å². The molecule has 3 heterocycles. The summed E-state index contributed by atoms with van der Waals surface area (Å²) in [6.07, 6.45) is 6.62. The van der Waals surface area contributed by atoms with Crippen molar-refractivity contribution in [3.63, 3.8) is 0 Å². The van der Waals surface area contributed by atoms with Gasteiger partial charge in [-0.2, -0.15) is 0 Å². The molecular formula is C31H37N5O2S. The maximum absolute atomic E-state index is 14.0. The highest BCUT2D eigenvalue weighted by Crippen LogP contribution is 2.34. The Balaban J connectivity index is 1.33. The van der Waals surface area contributed by atoms with Crippen molar-refractivity contribution in [3.05, 3.63) is 77.3 Å². The Morgan fingerprint density at radius 2 is 1.95 bits per heavy atom. The molecule has 204 valence electrons. The second-order valence-electron chi connectivity index (χ2n) is 10.4. The second kappa shape index (κ2) is 12.6. The first-order valence-corrected chi connectivity index (χ1v) is 14.6. The molecule has 1 N–H and O–H groups in total. The molecule has 8 heteroatoms. The summed E-state index contributed by atoms with van der Waals surface area (Å²) in [6, 6.07) is 18.3. The average molecular weight is 544 g/mol. The van der Waals surface area contributed by atoms with E-state index in [0.717, 1.165) is 77.1 Å². The first-order valence-electron chi connectivity index (χ1n) is 13.7. The fourth-order valence-electron chi connectivity index (χ4n) is 5.14. The Labute approximate surface area is 234 Å². The maximum atomic E-state index is 14.0. The molecule has 2 aromatic heterocycles. The van der Waals surface area contributed by atoms with E-state index in [-0.39, 0.29) is 11.9 Å². The molecule has 5 rings (SSSR count). The molecule has 1 fully saturated rings. The Morgan fingerprint density at radius 3 is 2.77 bits per heavy atom. The average Bonchev–Trinajstić information content (AvgIpc) is 3.58. The molecule has 1 aliphatic rings. The van der Waals surface area contributed by atoms with E-state index in [1.807, 2.05) is 60.5 Å². The SMILES string of the molecule is Cc1nc(C(=O)N2CCCCC2Cc2ncc(-c3ccccc3)[nH]2)c(-c2cccc(OCCCN(C)C)c2)s1. The van der Waals surface area contributed by atoms with Gasteiger partial charge < -0.3 is 19.5 Å². The van der Waals surface area contributed by atoms with Crippen LogP contribution in [0.3, 0.4) is 0 Å². The molecule has 2 aromatic carbocycles. The summed E-state index contributed by atoms with van der Waals surface area (Å²) < 4.78 is 6.01. The van der Waals surface area contributed by atoms with Crippen LogP contribution in [-0.4, -0.2) is 70.5 Å². The lowest BCUT2D eigenvalue weighted by atomic mass is 9.98. The van der Waals surface area contributed by atoms with Gasteiger partial charge in [0.1, 0.15) is 17.3 Å². The number of carbonyl (C=O) groups excluding carboxylic acids is 1. The number of amides is 1. The summed E-state index contributed by atoms with van der Waals surface area (Å²) in [5, 5.41) is 0.887. The Morgan fingerprint density at radius 1 is 1.13 bits per heavy atom. The largest absolute Gasteiger partial charge is 0.494 e. The number of carbonyl (C=O) groups is 1. The van der Waals surface area contributed by atoms with Crippen LogP contribution >= 0.6 is 11.3 Å². The minimum atomic E-state index is 0.00573. The summed E-state index contributed by atoms with van der Waals surface area (Å²) in [5.74, 6) is 1.73. The van der Waals surface area contributed by atoms with Crippen molar-refractivity contribution in [1.29, 1.82) is 0 Å². The molecule has 4 aromatic rings. The highest BCUT2D eigenvalue weighted by Gasteiger charge is 2.31. The van der Waals surface area contributed by atoms with Gasteiger partial charge in [-0.3, -0.25) is 4.79 Å². The lowest BCUT2D eigenvalue weighted by Crippen LogP contribution is -2.45. The second-order valence-corrected chi connectivity index (χ2v) is 11.6. The number of hydrogen-bond donors (Lipinski definition) is 1. The van der Waals surface area contributed by atoms with Gasteiger partial charge in [-0.15, -0.1) is 11.3 Å². The number of nitrogens with one attached hydrogen (secondary N) is 1. The van der Waals surface area contributed by atoms with E-state index in [1.54, 1.807) is 11.3 Å². The molecule has 39 heavy (non-hydrogen) atoms. The third-order valence-corrected chi connectivity index (χ3v) is 8.10. The Bertz CT molecular complexity index is 1380. The van der Waals surface area contributed by atoms with Crippen LogP contribution in [0.1, 0.15) is 47.0 Å². The zero-order chi connectivity index (χ0) is 27.2. The van der Waals surface area contributed by atoms with Crippen molar-refractivity contribution in [2.45, 2.75) is 45.1 Å². The first-order chi connectivity index (χ1) is 19.0. The van der Waals surface area contributed by atoms with Gasteiger partial charge in [-0.05, 0) is 70.0 Å². The number of aryl methyl sites for hydroxylation is 1. The lowest BCUT2D eigenvalue weighted by Gasteiger charge is -2.35. The van der Waals surface area contributed by atoms with Crippen LogP contribution in [0, 0.1) is 6.92 Å². The van der Waals surface area contributed by atoms with Gasteiger partial charge in [0.2, 0.25) is 0 Å². The number of ether oxygens (including phenoxy) is 1. The Kier molecular flexibility index (Phi) is 8.74. The molecule has 0 radical (unpaired) electrons. The van der Waals surface area contributed by atoms with E-state index in [0.29, 0.717) is 18.7 Å². The predicted molar refractivity (Wildman–Crippen MR) is 157 cm³/mol. The fourth-order valence-corrected chi connectivity index (χ4v) is 6.04. The summed E-state index contributed by atoms with van der Waals surface area (Å²) in [6.45, 7) is 4.34. The number of hydrogen-bond acceptors (Lipinski definition) is 6. The van der Waals surface area contributed by atoms with Crippen LogP contribution in [0.2, 0.25) is 0 Å². The number of imidazole rings is 1. The highest BCUT2D eigenvalue weighted by atomic mass is 32.1. The monoisotopic (exact) mass is 543 g/mol. The summed E-state index contributed by atoms with van der Waals surface area (Å²) in [4.78, 5) is 31.9. The molecule has 7 nitrogen and oxygen atoms in total. The zero-order valence-corrected chi connectivity index (χ0v) is 23.8. The third-order valence-electron chi connectivity index (χ3n) is 7.08. The van der Waals surface area contributed by atoms with Crippen LogP contribution in [0.15, 0.2) is 60.8 Å². The number of aromatic nitrogens is 3. The van der Waals surface area contributed by atoms with E-state index >= 15 is 0 Å². The van der Waals surface area contributed by atoms with Gasteiger partial charge in [0.15, 0.2) is 0 Å². The number of rotatable bonds is 10. The minimum Gasteiger partial charge on any atom is -0.494 e. The molecule has 1 unspecified atom stereocenters. The molecule has 1 atom stereocenters. The van der Waals surface area contributed by atoms with Gasteiger partial charge in [0.25, 0.3) is 5.91 Å². The minimum absolute atomic E-state index is 0.00573. The molecule has 0 aliphatic carbocycles. The number of aromatic amines is 1. The van der Waals surface area contributed by atoms with Crippen LogP contribution in [-0.2, 0) is 6.42 Å². The molecule has 0 saturated carbocycles. The van der Waals surface area contributed by atoms with Gasteiger partial charge in [0, 0.05) is 25.6 Å². The van der Waals surface area contributed by atoms with Gasteiger partial charge in [0.05, 0.1) is 28.4 Å². The zero-order valence-electron chi connectivity index (χ0n) is 23.0. The molecule has 1 aliphatic heterocycles. The normalized spacial score (nSPS) is 15.6. The van der Waals surface area contributed by atoms with Crippen LogP contribution in [0.5, 0.6) is 5.75 Å². The van der Waals surface area contributed by atoms with E-state index in [1.165, 1.54) is 0 Å². The number of nitrogens with zero attached hydrogens (tertiary/aromatic N) is 4. The van der Waals surface area contributed by atoms with Crippen LogP contribution in [0.4, 0.5) is 0 Å². The number of likely N-dealkylation sites (tertiary alicyclic amines) is 1.